The van der Waals surface area contributed by atoms with Gasteiger partial charge in [-0.25, -0.2) is 0 Å². The normalized spacial score (nSPS) is 16.8. The summed E-state index contributed by atoms with van der Waals surface area (Å²) in [7, 11) is 0. The predicted molar refractivity (Wildman–Crippen MR) is 81.0 cm³/mol. The third kappa shape index (κ3) is 3.03. The second kappa shape index (κ2) is 5.78. The van der Waals surface area contributed by atoms with Crippen LogP contribution >= 0.6 is 11.6 Å². The highest BCUT2D eigenvalue weighted by molar-refractivity contribution is 6.30. The van der Waals surface area contributed by atoms with Crippen LogP contribution in [0.3, 0.4) is 0 Å². The summed E-state index contributed by atoms with van der Waals surface area (Å²) in [6.07, 6.45) is 0.641. The van der Waals surface area contributed by atoms with E-state index in [1.807, 2.05) is 31.2 Å². The number of carbonyl (C=O) groups is 1. The molecule has 108 valence electrons. The third-order valence-corrected chi connectivity index (χ3v) is 3.79. The van der Waals surface area contributed by atoms with Crippen LogP contribution in [0, 0.1) is 12.8 Å². The number of ether oxygens (including phenoxy) is 2. The molecule has 3 rings (SSSR count). The van der Waals surface area contributed by atoms with E-state index in [0.717, 1.165) is 16.9 Å². The van der Waals surface area contributed by atoms with Crippen molar-refractivity contribution >= 4 is 17.6 Å². The van der Waals surface area contributed by atoms with Crippen molar-refractivity contribution in [1.82, 2.24) is 0 Å². The van der Waals surface area contributed by atoms with Gasteiger partial charge < -0.3 is 9.47 Å². The van der Waals surface area contributed by atoms with Crippen molar-refractivity contribution in [3.63, 3.8) is 0 Å². The lowest BCUT2D eigenvalue weighted by Crippen LogP contribution is -2.31. The summed E-state index contributed by atoms with van der Waals surface area (Å²) in [4.78, 5) is 12.3. The molecule has 2 aromatic carbocycles. The van der Waals surface area contributed by atoms with Crippen molar-refractivity contribution in [1.29, 1.82) is 0 Å². The maximum absolute atomic E-state index is 12.3. The zero-order valence-corrected chi connectivity index (χ0v) is 12.4. The Hall–Kier alpha value is -2.00. The van der Waals surface area contributed by atoms with E-state index in [-0.39, 0.29) is 11.9 Å². The average molecular weight is 303 g/mol. The highest BCUT2D eigenvalue weighted by Gasteiger charge is 2.27. The molecule has 0 spiro atoms. The fraction of sp³-hybridized carbons (Fsp3) is 0.235. The van der Waals surface area contributed by atoms with Crippen molar-refractivity contribution < 1.29 is 14.3 Å². The highest BCUT2D eigenvalue weighted by Crippen LogP contribution is 2.28. The Labute approximate surface area is 128 Å². The van der Waals surface area contributed by atoms with Gasteiger partial charge in [-0.05, 0) is 48.7 Å². The van der Waals surface area contributed by atoms with E-state index >= 15 is 0 Å². The van der Waals surface area contributed by atoms with Crippen LogP contribution < -0.4 is 9.47 Å². The van der Waals surface area contributed by atoms with Crippen LogP contribution in [-0.4, -0.2) is 12.6 Å². The minimum atomic E-state index is -0.282. The van der Waals surface area contributed by atoms with E-state index in [9.17, 15) is 4.79 Å². The minimum Gasteiger partial charge on any atom is -0.492 e. The topological polar surface area (TPSA) is 35.5 Å². The molecule has 1 aliphatic heterocycles. The Morgan fingerprint density at radius 2 is 2.10 bits per heavy atom. The summed E-state index contributed by atoms with van der Waals surface area (Å²) in [6, 6.07) is 13.0. The Kier molecular flexibility index (Phi) is 3.84. The Morgan fingerprint density at radius 3 is 2.90 bits per heavy atom. The molecule has 0 aromatic heterocycles. The number of hydrogen-bond acceptors (Lipinski definition) is 3. The summed E-state index contributed by atoms with van der Waals surface area (Å²) in [5.41, 5.74) is 1.88. The highest BCUT2D eigenvalue weighted by atomic mass is 35.5. The molecule has 21 heavy (non-hydrogen) atoms. The summed E-state index contributed by atoms with van der Waals surface area (Å²) >= 11 is 5.90. The number of carbonyl (C=O) groups excluding carboxylic acids is 1. The summed E-state index contributed by atoms with van der Waals surface area (Å²) in [6.45, 7) is 2.21. The van der Waals surface area contributed by atoms with Gasteiger partial charge in [0, 0.05) is 5.02 Å². The second-order valence-corrected chi connectivity index (χ2v) is 5.59. The SMILES string of the molecule is Cc1cc(Cl)ccc1OC(=O)C1COc2ccccc2C1. The van der Waals surface area contributed by atoms with Gasteiger partial charge >= 0.3 is 5.97 Å². The zero-order chi connectivity index (χ0) is 14.8. The van der Waals surface area contributed by atoms with E-state index in [2.05, 4.69) is 0 Å². The van der Waals surface area contributed by atoms with Crippen LogP contribution in [0.25, 0.3) is 0 Å². The monoisotopic (exact) mass is 302 g/mol. The first-order valence-electron chi connectivity index (χ1n) is 6.82. The van der Waals surface area contributed by atoms with Gasteiger partial charge in [0.15, 0.2) is 0 Å². The van der Waals surface area contributed by atoms with Gasteiger partial charge in [0.2, 0.25) is 0 Å². The molecule has 0 bridgehead atoms. The van der Waals surface area contributed by atoms with Gasteiger partial charge in [-0.15, -0.1) is 0 Å². The Bertz CT molecular complexity index is 681. The standard InChI is InChI=1S/C17H15ClO3/c1-11-8-14(18)6-7-15(11)21-17(19)13-9-12-4-2-3-5-16(12)20-10-13/h2-8,13H,9-10H2,1H3. The number of fused-ring (bicyclic) bond motifs is 1. The van der Waals surface area contributed by atoms with E-state index in [4.69, 9.17) is 21.1 Å². The summed E-state index contributed by atoms with van der Waals surface area (Å²) in [5, 5.41) is 0.627. The number of rotatable bonds is 2. The van der Waals surface area contributed by atoms with Crippen molar-refractivity contribution in [2.45, 2.75) is 13.3 Å². The number of aryl methyl sites for hydroxylation is 1. The quantitative estimate of drug-likeness (QED) is 0.625. The maximum atomic E-state index is 12.3. The summed E-state index contributed by atoms with van der Waals surface area (Å²) in [5.74, 6) is 0.845. The first-order chi connectivity index (χ1) is 10.1. The Balaban J connectivity index is 1.72. The number of hydrogen-bond donors (Lipinski definition) is 0. The molecule has 0 N–H and O–H groups in total. The molecule has 1 aliphatic rings. The molecule has 0 aliphatic carbocycles. The molecular weight excluding hydrogens is 288 g/mol. The van der Waals surface area contributed by atoms with Crippen molar-refractivity contribution in [2.75, 3.05) is 6.61 Å². The third-order valence-electron chi connectivity index (χ3n) is 3.56. The number of esters is 1. The molecule has 4 heteroatoms. The van der Waals surface area contributed by atoms with Crippen molar-refractivity contribution in [2.24, 2.45) is 5.92 Å². The van der Waals surface area contributed by atoms with Crippen LogP contribution in [0.15, 0.2) is 42.5 Å². The molecular formula is C17H15ClO3. The molecule has 2 aromatic rings. The molecule has 1 heterocycles. The lowest BCUT2D eigenvalue weighted by Gasteiger charge is -2.24. The van der Waals surface area contributed by atoms with Gasteiger partial charge in [0.1, 0.15) is 18.1 Å². The van der Waals surface area contributed by atoms with Gasteiger partial charge in [0.25, 0.3) is 0 Å². The molecule has 1 unspecified atom stereocenters. The van der Waals surface area contributed by atoms with Crippen molar-refractivity contribution in [3.8, 4) is 11.5 Å². The van der Waals surface area contributed by atoms with Gasteiger partial charge in [-0.1, -0.05) is 29.8 Å². The molecule has 3 nitrogen and oxygen atoms in total. The first kappa shape index (κ1) is 14.0. The van der Waals surface area contributed by atoms with E-state index in [0.29, 0.717) is 23.8 Å². The number of para-hydroxylation sites is 1. The van der Waals surface area contributed by atoms with Crippen LogP contribution in [0.2, 0.25) is 5.02 Å². The lowest BCUT2D eigenvalue weighted by atomic mass is 9.97. The maximum Gasteiger partial charge on any atom is 0.318 e. The smallest absolute Gasteiger partial charge is 0.318 e. The number of benzene rings is 2. The van der Waals surface area contributed by atoms with E-state index in [1.54, 1.807) is 18.2 Å². The van der Waals surface area contributed by atoms with Crippen LogP contribution in [0.4, 0.5) is 0 Å². The Morgan fingerprint density at radius 1 is 1.29 bits per heavy atom. The molecule has 0 saturated carbocycles. The zero-order valence-electron chi connectivity index (χ0n) is 11.6. The van der Waals surface area contributed by atoms with E-state index < -0.39 is 0 Å². The summed E-state index contributed by atoms with van der Waals surface area (Å²) < 4.78 is 11.1. The predicted octanol–water partition coefficient (Wildman–Crippen LogP) is 3.81. The van der Waals surface area contributed by atoms with E-state index in [1.165, 1.54) is 0 Å². The minimum absolute atomic E-state index is 0.269. The average Bonchev–Trinajstić information content (AvgIpc) is 2.49. The van der Waals surface area contributed by atoms with Gasteiger partial charge in [0.05, 0.1) is 5.92 Å². The molecule has 0 radical (unpaired) electrons. The molecule has 0 amide bonds. The number of halogens is 1. The fourth-order valence-electron chi connectivity index (χ4n) is 2.40. The van der Waals surface area contributed by atoms with Crippen LogP contribution in [0.5, 0.6) is 11.5 Å². The molecule has 0 fully saturated rings. The lowest BCUT2D eigenvalue weighted by molar-refractivity contribution is -0.140. The second-order valence-electron chi connectivity index (χ2n) is 5.15. The molecule has 0 saturated heterocycles. The fourth-order valence-corrected chi connectivity index (χ4v) is 2.63. The largest absolute Gasteiger partial charge is 0.492 e. The van der Waals surface area contributed by atoms with Gasteiger partial charge in [-0.2, -0.15) is 0 Å². The van der Waals surface area contributed by atoms with Crippen LogP contribution in [0.1, 0.15) is 11.1 Å². The van der Waals surface area contributed by atoms with Crippen LogP contribution in [-0.2, 0) is 11.2 Å². The first-order valence-corrected chi connectivity index (χ1v) is 7.20. The molecule has 1 atom stereocenters. The van der Waals surface area contributed by atoms with Crippen molar-refractivity contribution in [3.05, 3.63) is 58.6 Å². The van der Waals surface area contributed by atoms with Gasteiger partial charge in [-0.3, -0.25) is 4.79 Å².